The van der Waals surface area contributed by atoms with E-state index < -0.39 is 0 Å². The first-order valence-electron chi connectivity index (χ1n) is 10.3. The maximum absolute atomic E-state index is 12.5. The van der Waals surface area contributed by atoms with E-state index in [0.29, 0.717) is 17.9 Å². The lowest BCUT2D eigenvalue weighted by Gasteiger charge is -2.33. The molecule has 2 saturated carbocycles. The van der Waals surface area contributed by atoms with Crippen LogP contribution in [0.3, 0.4) is 0 Å². The van der Waals surface area contributed by atoms with Crippen LogP contribution >= 0.6 is 0 Å². The van der Waals surface area contributed by atoms with Gasteiger partial charge in [-0.2, -0.15) is 0 Å². The van der Waals surface area contributed by atoms with Crippen LogP contribution in [-0.4, -0.2) is 37.0 Å². The van der Waals surface area contributed by atoms with Gasteiger partial charge in [0.2, 0.25) is 5.91 Å². The number of carbonyl (C=O) groups excluding carboxylic acids is 1. The number of methoxy groups -OCH3 is 1. The molecule has 3 atom stereocenters. The smallest absolute Gasteiger partial charge is 0.220 e. The maximum atomic E-state index is 12.5. The van der Waals surface area contributed by atoms with Crippen molar-refractivity contribution in [3.05, 3.63) is 29.8 Å². The van der Waals surface area contributed by atoms with Crippen LogP contribution in [0.2, 0.25) is 0 Å². The van der Waals surface area contributed by atoms with Crippen molar-refractivity contribution in [3.8, 4) is 5.75 Å². The van der Waals surface area contributed by atoms with Crippen LogP contribution in [0.25, 0.3) is 0 Å². The normalized spacial score (nSPS) is 29.0. The number of ether oxygens (including phenoxy) is 1. The zero-order chi connectivity index (χ0) is 17.9. The minimum atomic E-state index is 0.297. The molecule has 1 aromatic rings. The number of fused-ring (bicyclic) bond motifs is 2. The summed E-state index contributed by atoms with van der Waals surface area (Å²) in [7, 11) is 1.73. The van der Waals surface area contributed by atoms with Gasteiger partial charge in [-0.25, -0.2) is 0 Å². The Morgan fingerprint density at radius 2 is 1.96 bits per heavy atom. The number of hydrogen-bond acceptors (Lipinski definition) is 3. The number of hydrogen-bond donors (Lipinski definition) is 1. The quantitative estimate of drug-likeness (QED) is 0.847. The van der Waals surface area contributed by atoms with E-state index >= 15 is 0 Å². The largest absolute Gasteiger partial charge is 0.496 e. The monoisotopic (exact) mass is 356 g/mol. The predicted octanol–water partition coefficient (Wildman–Crippen LogP) is 3.60. The molecule has 3 fully saturated rings. The second-order valence-corrected chi connectivity index (χ2v) is 8.57. The van der Waals surface area contributed by atoms with Crippen LogP contribution in [0.15, 0.2) is 24.3 Å². The second kappa shape index (κ2) is 7.99. The second-order valence-electron chi connectivity index (χ2n) is 8.57. The number of rotatable bonds is 6. The summed E-state index contributed by atoms with van der Waals surface area (Å²) in [4.78, 5) is 14.9. The van der Waals surface area contributed by atoms with Crippen molar-refractivity contribution in [2.45, 2.75) is 57.5 Å². The molecule has 1 N–H and O–H groups in total. The number of likely N-dealkylation sites (tertiary alicyclic amines) is 1. The van der Waals surface area contributed by atoms with Crippen LogP contribution in [0.1, 0.15) is 50.5 Å². The topological polar surface area (TPSA) is 41.6 Å². The Bertz CT molecular complexity index is 624. The van der Waals surface area contributed by atoms with Gasteiger partial charge in [-0.1, -0.05) is 24.6 Å². The molecule has 4 heteroatoms. The molecule has 4 rings (SSSR count). The Kier molecular flexibility index (Phi) is 5.49. The van der Waals surface area contributed by atoms with E-state index in [0.717, 1.165) is 56.5 Å². The molecule has 142 valence electrons. The Labute approximate surface area is 157 Å². The molecule has 2 aliphatic carbocycles. The highest BCUT2D eigenvalue weighted by molar-refractivity contribution is 5.76. The number of nitrogens with one attached hydrogen (secondary N) is 1. The van der Waals surface area contributed by atoms with Gasteiger partial charge in [0.05, 0.1) is 7.11 Å². The molecule has 4 nitrogen and oxygen atoms in total. The number of para-hydroxylation sites is 1. The fraction of sp³-hybridized carbons (Fsp3) is 0.682. The first kappa shape index (κ1) is 17.8. The lowest BCUT2D eigenvalue weighted by Crippen LogP contribution is -2.44. The van der Waals surface area contributed by atoms with Gasteiger partial charge in [0.15, 0.2) is 0 Å². The van der Waals surface area contributed by atoms with E-state index in [4.69, 9.17) is 4.74 Å². The summed E-state index contributed by atoms with van der Waals surface area (Å²) in [5.74, 6) is 3.70. The molecule has 1 saturated heterocycles. The standard InChI is InChI=1S/C22H32N2O2/c1-26-21-5-3-2-4-18(21)15-24-10-8-20(9-11-24)23-22(25)14-19-13-16-6-7-17(19)12-16/h2-5,16-17,19-20H,6-15H2,1H3,(H,23,25)/t16-,17-,19+/m0/s1. The first-order valence-corrected chi connectivity index (χ1v) is 10.3. The third-order valence-electron chi connectivity index (χ3n) is 6.87. The summed E-state index contributed by atoms with van der Waals surface area (Å²) in [5, 5.41) is 3.32. The molecule has 2 bridgehead atoms. The average molecular weight is 357 g/mol. The van der Waals surface area contributed by atoms with E-state index in [2.05, 4.69) is 22.3 Å². The van der Waals surface area contributed by atoms with E-state index in [-0.39, 0.29) is 0 Å². The van der Waals surface area contributed by atoms with E-state index in [1.54, 1.807) is 7.11 Å². The molecule has 1 aliphatic heterocycles. The van der Waals surface area contributed by atoms with Crippen molar-refractivity contribution >= 4 is 5.91 Å². The third-order valence-corrected chi connectivity index (χ3v) is 6.87. The molecule has 26 heavy (non-hydrogen) atoms. The summed E-state index contributed by atoms with van der Waals surface area (Å²) >= 11 is 0. The minimum absolute atomic E-state index is 0.297. The summed E-state index contributed by atoms with van der Waals surface area (Å²) < 4.78 is 5.46. The summed E-state index contributed by atoms with van der Waals surface area (Å²) in [6.07, 6.45) is 8.34. The van der Waals surface area contributed by atoms with Crippen molar-refractivity contribution in [2.24, 2.45) is 17.8 Å². The van der Waals surface area contributed by atoms with Gasteiger partial charge in [0, 0.05) is 37.7 Å². The van der Waals surface area contributed by atoms with Gasteiger partial charge >= 0.3 is 0 Å². The van der Waals surface area contributed by atoms with Gasteiger partial charge in [-0.3, -0.25) is 9.69 Å². The Balaban J connectivity index is 1.20. The van der Waals surface area contributed by atoms with Crippen LogP contribution in [0.5, 0.6) is 5.75 Å². The van der Waals surface area contributed by atoms with Gasteiger partial charge in [0.1, 0.15) is 5.75 Å². The SMILES string of the molecule is COc1ccccc1CN1CCC(NC(=O)C[C@H]2C[C@H]3CC[C@H]2C3)CC1. The summed E-state index contributed by atoms with van der Waals surface area (Å²) in [6, 6.07) is 8.61. The molecule has 0 unspecified atom stereocenters. The zero-order valence-electron chi connectivity index (χ0n) is 16.0. The van der Waals surface area contributed by atoms with Crippen LogP contribution in [-0.2, 0) is 11.3 Å². The van der Waals surface area contributed by atoms with E-state index in [9.17, 15) is 4.79 Å². The highest BCUT2D eigenvalue weighted by atomic mass is 16.5. The number of piperidine rings is 1. The molecule has 1 aromatic carbocycles. The highest BCUT2D eigenvalue weighted by Crippen LogP contribution is 2.49. The Morgan fingerprint density at radius 3 is 2.65 bits per heavy atom. The average Bonchev–Trinajstić information content (AvgIpc) is 3.27. The summed E-state index contributed by atoms with van der Waals surface area (Å²) in [6.45, 7) is 3.00. The Hall–Kier alpha value is -1.55. The van der Waals surface area contributed by atoms with Crippen molar-refractivity contribution in [1.82, 2.24) is 10.2 Å². The lowest BCUT2D eigenvalue weighted by molar-refractivity contribution is -0.123. The molecule has 0 aromatic heterocycles. The Morgan fingerprint density at radius 1 is 1.15 bits per heavy atom. The maximum Gasteiger partial charge on any atom is 0.220 e. The first-order chi connectivity index (χ1) is 12.7. The van der Waals surface area contributed by atoms with E-state index in [1.807, 2.05) is 12.1 Å². The predicted molar refractivity (Wildman–Crippen MR) is 103 cm³/mol. The van der Waals surface area contributed by atoms with Crippen LogP contribution < -0.4 is 10.1 Å². The van der Waals surface area contributed by atoms with Gasteiger partial charge in [-0.15, -0.1) is 0 Å². The zero-order valence-corrected chi connectivity index (χ0v) is 16.0. The fourth-order valence-corrected chi connectivity index (χ4v) is 5.46. The van der Waals surface area contributed by atoms with E-state index in [1.165, 1.54) is 31.2 Å². The molecule has 1 heterocycles. The van der Waals surface area contributed by atoms with Crippen molar-refractivity contribution in [3.63, 3.8) is 0 Å². The van der Waals surface area contributed by atoms with Crippen molar-refractivity contribution < 1.29 is 9.53 Å². The minimum Gasteiger partial charge on any atom is -0.496 e. The van der Waals surface area contributed by atoms with Gasteiger partial charge in [0.25, 0.3) is 0 Å². The van der Waals surface area contributed by atoms with Crippen LogP contribution in [0, 0.1) is 17.8 Å². The lowest BCUT2D eigenvalue weighted by atomic mass is 9.86. The van der Waals surface area contributed by atoms with Gasteiger partial charge in [-0.05, 0) is 55.9 Å². The molecular formula is C22H32N2O2. The van der Waals surface area contributed by atoms with Crippen LogP contribution in [0.4, 0.5) is 0 Å². The molecular weight excluding hydrogens is 324 g/mol. The fourth-order valence-electron chi connectivity index (χ4n) is 5.46. The number of nitrogens with zero attached hydrogens (tertiary/aromatic N) is 1. The number of amides is 1. The third kappa shape index (κ3) is 4.06. The molecule has 0 radical (unpaired) electrons. The number of benzene rings is 1. The summed E-state index contributed by atoms with van der Waals surface area (Å²) in [5.41, 5.74) is 1.24. The van der Waals surface area contributed by atoms with Crippen molar-refractivity contribution in [1.29, 1.82) is 0 Å². The molecule has 1 amide bonds. The number of carbonyl (C=O) groups is 1. The molecule has 0 spiro atoms. The highest BCUT2D eigenvalue weighted by Gasteiger charge is 2.40. The van der Waals surface area contributed by atoms with Crippen molar-refractivity contribution in [2.75, 3.05) is 20.2 Å². The molecule has 3 aliphatic rings. The van der Waals surface area contributed by atoms with Gasteiger partial charge < -0.3 is 10.1 Å².